The summed E-state index contributed by atoms with van der Waals surface area (Å²) >= 11 is 0. The summed E-state index contributed by atoms with van der Waals surface area (Å²) in [5.41, 5.74) is 0.531. The van der Waals surface area contributed by atoms with Gasteiger partial charge in [-0.1, -0.05) is 42.5 Å². The van der Waals surface area contributed by atoms with E-state index in [1.165, 1.54) is 7.11 Å². The normalized spacial score (nSPS) is 11.7. The van der Waals surface area contributed by atoms with Gasteiger partial charge in [-0.2, -0.15) is 0 Å². The van der Waals surface area contributed by atoms with Crippen molar-refractivity contribution in [1.29, 1.82) is 0 Å². The van der Waals surface area contributed by atoms with Gasteiger partial charge in [0.15, 0.2) is 0 Å². The standard InChI is InChI=1S/C15H20O3/c1-15(2,14(16)17-3)12-18-11-7-10-13-8-5-4-6-9-13/h4-10H,11-12H2,1-3H3. The highest BCUT2D eigenvalue weighted by atomic mass is 16.5. The van der Waals surface area contributed by atoms with Gasteiger partial charge in [-0.25, -0.2) is 0 Å². The minimum absolute atomic E-state index is 0.255. The first-order valence-electron chi connectivity index (χ1n) is 5.94. The van der Waals surface area contributed by atoms with E-state index in [2.05, 4.69) is 0 Å². The molecular formula is C15H20O3. The van der Waals surface area contributed by atoms with Gasteiger partial charge in [0.05, 0.1) is 25.7 Å². The molecule has 0 aliphatic rings. The Kier molecular flexibility index (Phi) is 5.59. The molecule has 0 N–H and O–H groups in total. The molecule has 0 aliphatic heterocycles. The first-order chi connectivity index (χ1) is 8.56. The summed E-state index contributed by atoms with van der Waals surface area (Å²) in [7, 11) is 1.39. The Morgan fingerprint density at radius 1 is 1.28 bits per heavy atom. The van der Waals surface area contributed by atoms with Gasteiger partial charge in [0.25, 0.3) is 0 Å². The highest BCUT2D eigenvalue weighted by molar-refractivity contribution is 5.75. The minimum atomic E-state index is -0.602. The molecule has 1 aromatic rings. The van der Waals surface area contributed by atoms with Crippen molar-refractivity contribution in [2.75, 3.05) is 20.3 Å². The molecule has 1 aromatic carbocycles. The second-order valence-corrected chi connectivity index (χ2v) is 4.70. The van der Waals surface area contributed by atoms with Crippen LogP contribution in [0.3, 0.4) is 0 Å². The van der Waals surface area contributed by atoms with Crippen LogP contribution in [0.4, 0.5) is 0 Å². The zero-order valence-corrected chi connectivity index (χ0v) is 11.2. The number of esters is 1. The Labute approximate surface area is 108 Å². The highest BCUT2D eigenvalue weighted by Gasteiger charge is 2.28. The van der Waals surface area contributed by atoms with Crippen LogP contribution in [0.25, 0.3) is 6.08 Å². The van der Waals surface area contributed by atoms with Crippen molar-refractivity contribution in [3.05, 3.63) is 42.0 Å². The van der Waals surface area contributed by atoms with E-state index in [1.54, 1.807) is 13.8 Å². The molecule has 3 heteroatoms. The van der Waals surface area contributed by atoms with E-state index in [0.717, 1.165) is 5.56 Å². The maximum atomic E-state index is 11.4. The van der Waals surface area contributed by atoms with Crippen molar-refractivity contribution in [3.8, 4) is 0 Å². The van der Waals surface area contributed by atoms with E-state index >= 15 is 0 Å². The summed E-state index contributed by atoms with van der Waals surface area (Å²) in [4.78, 5) is 11.4. The smallest absolute Gasteiger partial charge is 0.313 e. The van der Waals surface area contributed by atoms with Gasteiger partial charge in [-0.3, -0.25) is 4.79 Å². The predicted octanol–water partition coefficient (Wildman–Crippen LogP) is 2.92. The first kappa shape index (κ1) is 14.5. The Hall–Kier alpha value is -1.61. The third kappa shape index (κ3) is 4.72. The molecule has 0 amide bonds. The van der Waals surface area contributed by atoms with Crippen LogP contribution in [-0.4, -0.2) is 26.3 Å². The van der Waals surface area contributed by atoms with Crippen LogP contribution in [0.2, 0.25) is 0 Å². The van der Waals surface area contributed by atoms with Crippen LogP contribution >= 0.6 is 0 Å². The number of methoxy groups -OCH3 is 1. The Bertz CT molecular complexity index is 393. The zero-order valence-electron chi connectivity index (χ0n) is 11.2. The molecule has 0 bridgehead atoms. The second-order valence-electron chi connectivity index (χ2n) is 4.70. The molecule has 0 unspecified atom stereocenters. The van der Waals surface area contributed by atoms with Crippen molar-refractivity contribution >= 4 is 12.0 Å². The van der Waals surface area contributed by atoms with Gasteiger partial charge in [-0.05, 0) is 19.4 Å². The van der Waals surface area contributed by atoms with E-state index in [-0.39, 0.29) is 5.97 Å². The Morgan fingerprint density at radius 2 is 1.94 bits per heavy atom. The second kappa shape index (κ2) is 6.97. The van der Waals surface area contributed by atoms with Crippen molar-refractivity contribution in [2.24, 2.45) is 5.41 Å². The number of carbonyl (C=O) groups excluding carboxylic acids is 1. The minimum Gasteiger partial charge on any atom is -0.469 e. The first-order valence-corrected chi connectivity index (χ1v) is 5.94. The molecule has 0 aliphatic carbocycles. The number of ether oxygens (including phenoxy) is 2. The van der Waals surface area contributed by atoms with Crippen LogP contribution < -0.4 is 0 Å². The molecule has 98 valence electrons. The van der Waals surface area contributed by atoms with E-state index in [4.69, 9.17) is 9.47 Å². The maximum Gasteiger partial charge on any atom is 0.313 e. The van der Waals surface area contributed by atoms with Crippen molar-refractivity contribution < 1.29 is 14.3 Å². The fourth-order valence-electron chi connectivity index (χ4n) is 1.47. The van der Waals surface area contributed by atoms with Crippen LogP contribution in [0.5, 0.6) is 0 Å². The topological polar surface area (TPSA) is 35.5 Å². The molecule has 0 aromatic heterocycles. The quantitative estimate of drug-likeness (QED) is 0.573. The maximum absolute atomic E-state index is 11.4. The van der Waals surface area contributed by atoms with Crippen LogP contribution in [0.15, 0.2) is 36.4 Å². The lowest BCUT2D eigenvalue weighted by Gasteiger charge is -2.20. The average molecular weight is 248 g/mol. The molecular weight excluding hydrogens is 228 g/mol. The zero-order chi connectivity index (χ0) is 13.4. The SMILES string of the molecule is COC(=O)C(C)(C)COCC=Cc1ccccc1. The van der Waals surface area contributed by atoms with Gasteiger partial charge < -0.3 is 9.47 Å². The summed E-state index contributed by atoms with van der Waals surface area (Å²) in [5.74, 6) is -0.255. The summed E-state index contributed by atoms with van der Waals surface area (Å²) in [6.45, 7) is 4.44. The average Bonchev–Trinajstić information content (AvgIpc) is 2.38. The lowest BCUT2D eigenvalue weighted by molar-refractivity contribution is -0.153. The molecule has 1 rings (SSSR count). The molecule has 0 heterocycles. The molecule has 0 saturated heterocycles. The van der Waals surface area contributed by atoms with Gasteiger partial charge in [0.1, 0.15) is 0 Å². The Morgan fingerprint density at radius 3 is 2.56 bits per heavy atom. The predicted molar refractivity (Wildman–Crippen MR) is 72.1 cm³/mol. The highest BCUT2D eigenvalue weighted by Crippen LogP contribution is 2.17. The molecule has 0 fully saturated rings. The number of hydrogen-bond donors (Lipinski definition) is 0. The third-order valence-electron chi connectivity index (χ3n) is 2.52. The third-order valence-corrected chi connectivity index (χ3v) is 2.52. The van der Waals surface area contributed by atoms with Gasteiger partial charge in [0, 0.05) is 0 Å². The molecule has 0 spiro atoms. The number of carbonyl (C=O) groups is 1. The van der Waals surface area contributed by atoms with Crippen molar-refractivity contribution in [2.45, 2.75) is 13.8 Å². The lowest BCUT2D eigenvalue weighted by atomic mass is 9.95. The fraction of sp³-hybridized carbons (Fsp3) is 0.400. The van der Waals surface area contributed by atoms with Crippen molar-refractivity contribution in [1.82, 2.24) is 0 Å². The summed E-state index contributed by atoms with van der Waals surface area (Å²) in [5, 5.41) is 0. The van der Waals surface area contributed by atoms with E-state index in [0.29, 0.717) is 13.2 Å². The molecule has 0 atom stereocenters. The number of benzene rings is 1. The summed E-state index contributed by atoms with van der Waals surface area (Å²) in [6.07, 6.45) is 3.92. The summed E-state index contributed by atoms with van der Waals surface area (Å²) < 4.78 is 10.2. The van der Waals surface area contributed by atoms with E-state index in [1.807, 2.05) is 42.5 Å². The van der Waals surface area contributed by atoms with E-state index < -0.39 is 5.41 Å². The van der Waals surface area contributed by atoms with Gasteiger partial charge >= 0.3 is 5.97 Å². The molecule has 3 nitrogen and oxygen atoms in total. The lowest BCUT2D eigenvalue weighted by Crippen LogP contribution is -2.30. The van der Waals surface area contributed by atoms with Crippen molar-refractivity contribution in [3.63, 3.8) is 0 Å². The van der Waals surface area contributed by atoms with Crippen LogP contribution in [0, 0.1) is 5.41 Å². The van der Waals surface area contributed by atoms with Crippen LogP contribution in [0.1, 0.15) is 19.4 Å². The van der Waals surface area contributed by atoms with Gasteiger partial charge in [-0.15, -0.1) is 0 Å². The van der Waals surface area contributed by atoms with E-state index in [9.17, 15) is 4.79 Å². The molecule has 0 saturated carbocycles. The Balaban J connectivity index is 2.31. The molecule has 18 heavy (non-hydrogen) atoms. The molecule has 0 radical (unpaired) electrons. The van der Waals surface area contributed by atoms with Crippen LogP contribution in [-0.2, 0) is 14.3 Å². The summed E-state index contributed by atoms with van der Waals surface area (Å²) in [6, 6.07) is 10.00. The fourth-order valence-corrected chi connectivity index (χ4v) is 1.47. The van der Waals surface area contributed by atoms with Gasteiger partial charge in [0.2, 0.25) is 0 Å². The number of hydrogen-bond acceptors (Lipinski definition) is 3. The number of rotatable bonds is 6. The largest absolute Gasteiger partial charge is 0.469 e. The monoisotopic (exact) mass is 248 g/mol.